The topological polar surface area (TPSA) is 55.1 Å². The number of halogens is 1. The summed E-state index contributed by atoms with van der Waals surface area (Å²) in [6, 6.07) is 13.0. The molecule has 0 bridgehead atoms. The molecule has 2 aromatic heterocycles. The van der Waals surface area contributed by atoms with Gasteiger partial charge in [-0.15, -0.1) is 0 Å². The monoisotopic (exact) mass is 296 g/mol. The Morgan fingerprint density at radius 1 is 1.09 bits per heavy atom. The molecule has 0 radical (unpaired) electrons. The molecule has 3 aromatic rings. The summed E-state index contributed by atoms with van der Waals surface area (Å²) in [5.74, 6) is -0.264. The first-order chi connectivity index (χ1) is 10.7. The number of rotatable bonds is 4. The molecule has 0 saturated heterocycles. The molecule has 0 unspecified atom stereocenters. The van der Waals surface area contributed by atoms with Crippen LogP contribution in [0.15, 0.2) is 65.3 Å². The van der Waals surface area contributed by atoms with E-state index in [1.54, 1.807) is 36.7 Å². The van der Waals surface area contributed by atoms with E-state index in [-0.39, 0.29) is 17.5 Å². The number of amides is 1. The van der Waals surface area contributed by atoms with Gasteiger partial charge in [0.2, 0.25) is 0 Å². The van der Waals surface area contributed by atoms with Crippen LogP contribution in [0.1, 0.15) is 16.1 Å². The lowest BCUT2D eigenvalue weighted by Crippen LogP contribution is -2.22. The summed E-state index contributed by atoms with van der Waals surface area (Å²) in [5, 5.41) is 2.74. The third kappa shape index (κ3) is 3.03. The number of carbonyl (C=O) groups is 1. The van der Waals surface area contributed by atoms with E-state index in [1.807, 2.05) is 12.1 Å². The van der Waals surface area contributed by atoms with Crippen LogP contribution in [0.4, 0.5) is 4.39 Å². The van der Waals surface area contributed by atoms with Crippen LogP contribution in [0.5, 0.6) is 0 Å². The maximum atomic E-state index is 13.7. The predicted molar refractivity (Wildman–Crippen MR) is 79.5 cm³/mol. The molecule has 110 valence electrons. The van der Waals surface area contributed by atoms with E-state index in [9.17, 15) is 9.18 Å². The number of nitrogens with zero attached hydrogens (tertiary/aromatic N) is 1. The quantitative estimate of drug-likeness (QED) is 0.802. The molecular weight excluding hydrogens is 283 g/mol. The van der Waals surface area contributed by atoms with Crippen molar-refractivity contribution in [3.63, 3.8) is 0 Å². The molecule has 4 nitrogen and oxygen atoms in total. The molecule has 0 aliphatic rings. The highest BCUT2D eigenvalue weighted by molar-refractivity contribution is 5.92. The lowest BCUT2D eigenvalue weighted by atomic mass is 10.1. The summed E-state index contributed by atoms with van der Waals surface area (Å²) in [6.07, 6.45) is 3.31. The lowest BCUT2D eigenvalue weighted by molar-refractivity contribution is 0.0924. The number of furan rings is 1. The van der Waals surface area contributed by atoms with Gasteiger partial charge in [0.05, 0.1) is 5.56 Å². The van der Waals surface area contributed by atoms with Crippen molar-refractivity contribution in [3.05, 3.63) is 78.1 Å². The van der Waals surface area contributed by atoms with E-state index in [4.69, 9.17) is 4.42 Å². The van der Waals surface area contributed by atoms with Crippen molar-refractivity contribution in [2.75, 3.05) is 0 Å². The largest absolute Gasteiger partial charge is 0.451 e. The Kier molecular flexibility index (Phi) is 3.96. The van der Waals surface area contributed by atoms with Gasteiger partial charge in [-0.25, -0.2) is 4.39 Å². The van der Waals surface area contributed by atoms with Crippen LogP contribution in [0.25, 0.3) is 11.3 Å². The van der Waals surface area contributed by atoms with Gasteiger partial charge in [0, 0.05) is 18.9 Å². The van der Waals surface area contributed by atoms with Crippen molar-refractivity contribution in [3.8, 4) is 11.3 Å². The van der Waals surface area contributed by atoms with Gasteiger partial charge < -0.3 is 9.73 Å². The van der Waals surface area contributed by atoms with Crippen LogP contribution in [-0.2, 0) is 6.54 Å². The first kappa shape index (κ1) is 14.0. The highest BCUT2D eigenvalue weighted by Gasteiger charge is 2.13. The molecule has 5 heteroatoms. The van der Waals surface area contributed by atoms with E-state index in [0.29, 0.717) is 17.9 Å². The van der Waals surface area contributed by atoms with Gasteiger partial charge in [-0.05, 0) is 42.0 Å². The highest BCUT2D eigenvalue weighted by atomic mass is 19.1. The van der Waals surface area contributed by atoms with E-state index in [2.05, 4.69) is 10.3 Å². The van der Waals surface area contributed by atoms with Gasteiger partial charge in [-0.2, -0.15) is 0 Å². The molecule has 0 aliphatic heterocycles. The molecule has 3 rings (SSSR count). The Morgan fingerprint density at radius 2 is 1.86 bits per heavy atom. The maximum absolute atomic E-state index is 13.7. The molecule has 1 aromatic carbocycles. The van der Waals surface area contributed by atoms with Gasteiger partial charge in [0.1, 0.15) is 11.6 Å². The van der Waals surface area contributed by atoms with E-state index >= 15 is 0 Å². The van der Waals surface area contributed by atoms with Crippen molar-refractivity contribution >= 4 is 5.91 Å². The van der Waals surface area contributed by atoms with E-state index in [0.717, 1.165) is 5.56 Å². The van der Waals surface area contributed by atoms with Crippen LogP contribution >= 0.6 is 0 Å². The van der Waals surface area contributed by atoms with Crippen molar-refractivity contribution < 1.29 is 13.6 Å². The zero-order valence-corrected chi connectivity index (χ0v) is 11.6. The summed E-state index contributed by atoms with van der Waals surface area (Å²) in [4.78, 5) is 15.9. The number of aromatic nitrogens is 1. The molecule has 0 aliphatic carbocycles. The Balaban J connectivity index is 1.71. The SMILES string of the molecule is O=C(NCc1ccncc1)c1ccc(-c2ccccc2F)o1. The first-order valence-corrected chi connectivity index (χ1v) is 6.76. The van der Waals surface area contributed by atoms with Crippen molar-refractivity contribution in [2.24, 2.45) is 0 Å². The Hall–Kier alpha value is -2.95. The number of hydrogen-bond acceptors (Lipinski definition) is 3. The zero-order chi connectivity index (χ0) is 15.4. The zero-order valence-electron chi connectivity index (χ0n) is 11.6. The van der Waals surface area contributed by atoms with Crippen molar-refractivity contribution in [2.45, 2.75) is 6.54 Å². The second-order valence-corrected chi connectivity index (χ2v) is 4.68. The Morgan fingerprint density at radius 3 is 2.64 bits per heavy atom. The standard InChI is InChI=1S/C17H13FN2O2/c18-14-4-2-1-3-13(14)15-5-6-16(22-15)17(21)20-11-12-7-9-19-10-8-12/h1-10H,11H2,(H,20,21). The van der Waals surface area contributed by atoms with E-state index in [1.165, 1.54) is 12.1 Å². The summed E-state index contributed by atoms with van der Waals surface area (Å²) in [6.45, 7) is 0.372. The molecule has 2 heterocycles. The van der Waals surface area contributed by atoms with E-state index < -0.39 is 0 Å². The van der Waals surface area contributed by atoms with Crippen LogP contribution < -0.4 is 5.32 Å². The fourth-order valence-electron chi connectivity index (χ4n) is 2.04. The summed E-state index contributed by atoms with van der Waals surface area (Å²) >= 11 is 0. The fraction of sp³-hybridized carbons (Fsp3) is 0.0588. The Bertz CT molecular complexity index is 784. The van der Waals surface area contributed by atoms with Crippen LogP contribution in [0, 0.1) is 5.82 Å². The lowest BCUT2D eigenvalue weighted by Gasteiger charge is -2.03. The molecule has 22 heavy (non-hydrogen) atoms. The number of hydrogen-bond donors (Lipinski definition) is 1. The number of nitrogens with one attached hydrogen (secondary N) is 1. The number of carbonyl (C=O) groups excluding carboxylic acids is 1. The maximum Gasteiger partial charge on any atom is 0.287 e. The molecule has 0 fully saturated rings. The van der Waals surface area contributed by atoms with Crippen molar-refractivity contribution in [1.82, 2.24) is 10.3 Å². The smallest absolute Gasteiger partial charge is 0.287 e. The average Bonchev–Trinajstić information content (AvgIpc) is 3.04. The first-order valence-electron chi connectivity index (χ1n) is 6.76. The van der Waals surface area contributed by atoms with Crippen molar-refractivity contribution in [1.29, 1.82) is 0 Å². The predicted octanol–water partition coefficient (Wildman–Crippen LogP) is 3.41. The third-order valence-corrected chi connectivity index (χ3v) is 3.17. The number of benzene rings is 1. The minimum Gasteiger partial charge on any atom is -0.451 e. The second-order valence-electron chi connectivity index (χ2n) is 4.68. The third-order valence-electron chi connectivity index (χ3n) is 3.17. The molecule has 0 atom stereocenters. The van der Waals surface area contributed by atoms with Crippen LogP contribution in [0.2, 0.25) is 0 Å². The van der Waals surface area contributed by atoms with Gasteiger partial charge >= 0.3 is 0 Å². The normalized spacial score (nSPS) is 10.4. The number of pyridine rings is 1. The van der Waals surface area contributed by atoms with Gasteiger partial charge in [0.25, 0.3) is 5.91 Å². The fourth-order valence-corrected chi connectivity index (χ4v) is 2.04. The molecule has 1 amide bonds. The molecule has 0 spiro atoms. The summed E-state index contributed by atoms with van der Waals surface area (Å²) in [5.41, 5.74) is 1.26. The highest BCUT2D eigenvalue weighted by Crippen LogP contribution is 2.24. The molecule has 1 N–H and O–H groups in total. The van der Waals surface area contributed by atoms with Gasteiger partial charge in [0.15, 0.2) is 5.76 Å². The minimum atomic E-state index is -0.388. The molecule has 0 saturated carbocycles. The molecular formula is C17H13FN2O2. The van der Waals surface area contributed by atoms with Gasteiger partial charge in [-0.1, -0.05) is 12.1 Å². The Labute approximate surface area is 126 Å². The summed E-state index contributed by atoms with van der Waals surface area (Å²) < 4.78 is 19.1. The van der Waals surface area contributed by atoms with Gasteiger partial charge in [-0.3, -0.25) is 9.78 Å². The minimum absolute atomic E-state index is 0.146. The van der Waals surface area contributed by atoms with Crippen LogP contribution in [0.3, 0.4) is 0 Å². The summed E-state index contributed by atoms with van der Waals surface area (Å²) in [7, 11) is 0. The second kappa shape index (κ2) is 6.22. The van der Waals surface area contributed by atoms with Crippen LogP contribution in [-0.4, -0.2) is 10.9 Å². The average molecular weight is 296 g/mol.